The van der Waals surface area contributed by atoms with E-state index in [1.54, 1.807) is 12.1 Å². The number of hydrogen-bond donors (Lipinski definition) is 2. The van der Waals surface area contributed by atoms with Crippen molar-refractivity contribution in [3.05, 3.63) is 34.1 Å². The number of rotatable bonds is 3. The van der Waals surface area contributed by atoms with Gasteiger partial charge in [0.15, 0.2) is 0 Å². The van der Waals surface area contributed by atoms with Crippen LogP contribution in [0.25, 0.3) is 0 Å². The molecule has 3 nitrogen and oxygen atoms in total. The fourth-order valence-corrected chi connectivity index (χ4v) is 2.39. The van der Waals surface area contributed by atoms with Crippen LogP contribution in [0.15, 0.2) is 22.7 Å². The molecule has 3 N–H and O–H groups in total. The average Bonchev–Trinajstić information content (AvgIpc) is 2.23. The number of carbonyl (C=O) groups excluding carboxylic acids is 1. The minimum Gasteiger partial charge on any atom is -0.350 e. The highest BCUT2D eigenvalue weighted by Crippen LogP contribution is 2.28. The fraction of sp³-hybridized carbons (Fsp3) is 0.417. The SMILES string of the molecule is NC1(CNC(=O)c2c(F)cccc2Br)CCC1. The molecule has 2 rings (SSSR count). The molecule has 0 aromatic heterocycles. The zero-order valence-corrected chi connectivity index (χ0v) is 10.9. The maximum Gasteiger partial charge on any atom is 0.255 e. The first-order valence-corrected chi connectivity index (χ1v) is 6.32. The predicted molar refractivity (Wildman–Crippen MR) is 67.2 cm³/mol. The molecule has 5 heteroatoms. The van der Waals surface area contributed by atoms with Gasteiger partial charge < -0.3 is 11.1 Å². The van der Waals surface area contributed by atoms with E-state index in [2.05, 4.69) is 21.2 Å². The van der Waals surface area contributed by atoms with Crippen LogP contribution in [-0.2, 0) is 0 Å². The summed E-state index contributed by atoms with van der Waals surface area (Å²) in [6, 6.07) is 4.45. The summed E-state index contributed by atoms with van der Waals surface area (Å²) in [5.74, 6) is -0.955. The van der Waals surface area contributed by atoms with Gasteiger partial charge in [0.2, 0.25) is 0 Å². The quantitative estimate of drug-likeness (QED) is 0.899. The van der Waals surface area contributed by atoms with Gasteiger partial charge in [-0.2, -0.15) is 0 Å². The Hall–Kier alpha value is -0.940. The Morgan fingerprint density at radius 2 is 2.24 bits per heavy atom. The summed E-state index contributed by atoms with van der Waals surface area (Å²) in [6.07, 6.45) is 2.91. The predicted octanol–water partition coefficient (Wildman–Crippen LogP) is 2.20. The highest BCUT2D eigenvalue weighted by molar-refractivity contribution is 9.10. The molecule has 0 saturated heterocycles. The van der Waals surface area contributed by atoms with Crippen LogP contribution in [0.1, 0.15) is 29.6 Å². The van der Waals surface area contributed by atoms with Crippen LogP contribution in [0, 0.1) is 5.82 Å². The summed E-state index contributed by atoms with van der Waals surface area (Å²) in [4.78, 5) is 11.8. The zero-order valence-electron chi connectivity index (χ0n) is 9.30. The Morgan fingerprint density at radius 1 is 1.53 bits per heavy atom. The van der Waals surface area contributed by atoms with Gasteiger partial charge in [0.05, 0.1) is 5.56 Å². The molecule has 1 aromatic carbocycles. The number of benzene rings is 1. The summed E-state index contributed by atoms with van der Waals surface area (Å²) in [6.45, 7) is 0.395. The van der Waals surface area contributed by atoms with Crippen molar-refractivity contribution in [2.24, 2.45) is 5.73 Å². The van der Waals surface area contributed by atoms with Gasteiger partial charge in [-0.1, -0.05) is 6.07 Å². The lowest BCUT2D eigenvalue weighted by atomic mass is 9.78. The lowest BCUT2D eigenvalue weighted by molar-refractivity contribution is 0.0925. The second-order valence-electron chi connectivity index (χ2n) is 4.50. The number of nitrogens with two attached hydrogens (primary N) is 1. The maximum absolute atomic E-state index is 13.5. The van der Waals surface area contributed by atoms with Gasteiger partial charge in [-0.25, -0.2) is 4.39 Å². The van der Waals surface area contributed by atoms with Crippen molar-refractivity contribution in [2.75, 3.05) is 6.54 Å². The summed E-state index contributed by atoms with van der Waals surface area (Å²) in [5.41, 5.74) is 5.72. The number of halogens is 2. The standard InChI is InChI=1S/C12H14BrFN2O/c13-8-3-1-4-9(14)10(8)11(17)16-7-12(15)5-2-6-12/h1,3-4H,2,5-7,15H2,(H,16,17). The van der Waals surface area contributed by atoms with E-state index in [0.29, 0.717) is 11.0 Å². The van der Waals surface area contributed by atoms with E-state index in [1.165, 1.54) is 6.07 Å². The van der Waals surface area contributed by atoms with Crippen molar-refractivity contribution in [1.29, 1.82) is 0 Å². The maximum atomic E-state index is 13.5. The Kier molecular flexibility index (Phi) is 3.49. The van der Waals surface area contributed by atoms with E-state index in [4.69, 9.17) is 5.73 Å². The van der Waals surface area contributed by atoms with Crippen molar-refractivity contribution in [2.45, 2.75) is 24.8 Å². The van der Waals surface area contributed by atoms with Crippen LogP contribution >= 0.6 is 15.9 Å². The fourth-order valence-electron chi connectivity index (χ4n) is 1.87. The first kappa shape index (κ1) is 12.5. The molecule has 0 radical (unpaired) electrons. The Balaban J connectivity index is 2.04. The van der Waals surface area contributed by atoms with E-state index in [0.717, 1.165) is 19.3 Å². The van der Waals surface area contributed by atoms with Gasteiger partial charge in [0, 0.05) is 16.6 Å². The second-order valence-corrected chi connectivity index (χ2v) is 5.35. The minimum absolute atomic E-state index is 0.0374. The average molecular weight is 301 g/mol. The molecular formula is C12H14BrFN2O. The Bertz CT molecular complexity index is 426. The summed E-state index contributed by atoms with van der Waals surface area (Å²) >= 11 is 3.17. The van der Waals surface area contributed by atoms with E-state index >= 15 is 0 Å². The van der Waals surface area contributed by atoms with Crippen molar-refractivity contribution in [3.8, 4) is 0 Å². The highest BCUT2D eigenvalue weighted by Gasteiger charge is 2.33. The number of carbonyl (C=O) groups is 1. The lowest BCUT2D eigenvalue weighted by Crippen LogP contribution is -2.55. The first-order valence-electron chi connectivity index (χ1n) is 5.53. The largest absolute Gasteiger partial charge is 0.350 e. The van der Waals surface area contributed by atoms with Crippen LogP contribution < -0.4 is 11.1 Å². The smallest absolute Gasteiger partial charge is 0.255 e. The molecular weight excluding hydrogens is 287 g/mol. The van der Waals surface area contributed by atoms with Crippen molar-refractivity contribution < 1.29 is 9.18 Å². The van der Waals surface area contributed by atoms with Gasteiger partial charge in [-0.05, 0) is 47.3 Å². The van der Waals surface area contributed by atoms with E-state index in [1.807, 2.05) is 0 Å². The normalized spacial score (nSPS) is 17.4. The van der Waals surface area contributed by atoms with Gasteiger partial charge in [0.1, 0.15) is 5.82 Å². The summed E-state index contributed by atoms with van der Waals surface area (Å²) in [7, 11) is 0. The Morgan fingerprint density at radius 3 is 2.76 bits per heavy atom. The van der Waals surface area contributed by atoms with Crippen LogP contribution in [0.2, 0.25) is 0 Å². The molecule has 0 aliphatic heterocycles. The van der Waals surface area contributed by atoms with E-state index < -0.39 is 11.7 Å². The molecule has 0 atom stereocenters. The van der Waals surface area contributed by atoms with Crippen LogP contribution in [-0.4, -0.2) is 18.0 Å². The molecule has 1 aliphatic carbocycles. The molecule has 1 aromatic rings. The first-order chi connectivity index (χ1) is 8.02. The van der Waals surface area contributed by atoms with Gasteiger partial charge in [0.25, 0.3) is 5.91 Å². The molecule has 92 valence electrons. The third kappa shape index (κ3) is 2.66. The van der Waals surface area contributed by atoms with E-state index in [9.17, 15) is 9.18 Å². The molecule has 0 unspecified atom stereocenters. The zero-order chi connectivity index (χ0) is 12.5. The third-order valence-electron chi connectivity index (χ3n) is 3.14. The molecule has 0 bridgehead atoms. The molecule has 1 fully saturated rings. The summed E-state index contributed by atoms with van der Waals surface area (Å²) in [5, 5.41) is 2.69. The van der Waals surface area contributed by atoms with Gasteiger partial charge in [-0.15, -0.1) is 0 Å². The highest BCUT2D eigenvalue weighted by atomic mass is 79.9. The topological polar surface area (TPSA) is 55.1 Å². The van der Waals surface area contributed by atoms with Crippen LogP contribution in [0.4, 0.5) is 4.39 Å². The number of hydrogen-bond acceptors (Lipinski definition) is 2. The molecule has 1 saturated carbocycles. The molecule has 0 heterocycles. The monoisotopic (exact) mass is 300 g/mol. The minimum atomic E-state index is -0.531. The Labute approximate surface area is 108 Å². The van der Waals surface area contributed by atoms with Crippen LogP contribution in [0.5, 0.6) is 0 Å². The van der Waals surface area contributed by atoms with Crippen molar-refractivity contribution >= 4 is 21.8 Å². The molecule has 17 heavy (non-hydrogen) atoms. The van der Waals surface area contributed by atoms with Crippen molar-refractivity contribution in [3.63, 3.8) is 0 Å². The molecule has 1 amide bonds. The van der Waals surface area contributed by atoms with Gasteiger partial charge in [-0.3, -0.25) is 4.79 Å². The molecule has 1 aliphatic rings. The number of nitrogens with one attached hydrogen (secondary N) is 1. The van der Waals surface area contributed by atoms with Crippen molar-refractivity contribution in [1.82, 2.24) is 5.32 Å². The van der Waals surface area contributed by atoms with E-state index in [-0.39, 0.29) is 11.1 Å². The molecule has 0 spiro atoms. The third-order valence-corrected chi connectivity index (χ3v) is 3.80. The summed E-state index contributed by atoms with van der Waals surface area (Å²) < 4.78 is 13.9. The van der Waals surface area contributed by atoms with Gasteiger partial charge >= 0.3 is 0 Å². The van der Waals surface area contributed by atoms with Crippen LogP contribution in [0.3, 0.4) is 0 Å². The number of amides is 1. The second kappa shape index (κ2) is 4.74. The lowest BCUT2D eigenvalue weighted by Gasteiger charge is -2.38.